The molecule has 1 fully saturated rings. The van der Waals surface area contributed by atoms with Crippen molar-refractivity contribution in [1.82, 2.24) is 9.78 Å². The van der Waals surface area contributed by atoms with Gasteiger partial charge in [0.2, 0.25) is 0 Å². The van der Waals surface area contributed by atoms with Crippen molar-refractivity contribution in [2.24, 2.45) is 7.05 Å². The maximum atomic E-state index is 5.90. The highest BCUT2D eigenvalue weighted by Gasteiger charge is 2.23. The van der Waals surface area contributed by atoms with Crippen molar-refractivity contribution in [1.29, 1.82) is 0 Å². The predicted octanol–water partition coefficient (Wildman–Crippen LogP) is 2.55. The molecule has 0 unspecified atom stereocenters. The zero-order chi connectivity index (χ0) is 11.1. The van der Waals surface area contributed by atoms with Crippen molar-refractivity contribution in [2.45, 2.75) is 18.8 Å². The van der Waals surface area contributed by atoms with Gasteiger partial charge in [0.1, 0.15) is 0 Å². The standard InChI is InChI=1S/C13H15N3/c1-16-13(12(14)8-15-16)11-6-4-10(5-7-11)9-2-3-9/h4-9H,2-3,14H2,1H3. The molecule has 3 nitrogen and oxygen atoms in total. The first-order valence-corrected chi connectivity index (χ1v) is 5.63. The molecule has 0 amide bonds. The molecule has 2 aromatic rings. The summed E-state index contributed by atoms with van der Waals surface area (Å²) in [5.74, 6) is 0.804. The summed E-state index contributed by atoms with van der Waals surface area (Å²) in [5.41, 5.74) is 10.2. The number of aromatic nitrogens is 2. The Morgan fingerprint density at radius 3 is 2.44 bits per heavy atom. The summed E-state index contributed by atoms with van der Waals surface area (Å²) in [4.78, 5) is 0. The van der Waals surface area contributed by atoms with Crippen molar-refractivity contribution in [3.05, 3.63) is 36.0 Å². The van der Waals surface area contributed by atoms with Crippen LogP contribution in [0.2, 0.25) is 0 Å². The summed E-state index contributed by atoms with van der Waals surface area (Å²) in [5, 5.41) is 4.15. The molecule has 0 aliphatic heterocycles. The number of anilines is 1. The van der Waals surface area contributed by atoms with Crippen LogP contribution in [0.4, 0.5) is 5.69 Å². The normalized spacial score (nSPS) is 15.3. The van der Waals surface area contributed by atoms with Gasteiger partial charge < -0.3 is 5.73 Å². The molecule has 82 valence electrons. The van der Waals surface area contributed by atoms with Crippen LogP contribution in [-0.4, -0.2) is 9.78 Å². The van der Waals surface area contributed by atoms with Gasteiger partial charge in [-0.15, -0.1) is 0 Å². The fourth-order valence-corrected chi connectivity index (χ4v) is 2.14. The van der Waals surface area contributed by atoms with E-state index in [0.717, 1.165) is 22.9 Å². The predicted molar refractivity (Wildman–Crippen MR) is 65.0 cm³/mol. The Labute approximate surface area is 94.9 Å². The van der Waals surface area contributed by atoms with Gasteiger partial charge in [-0.25, -0.2) is 0 Å². The minimum Gasteiger partial charge on any atom is -0.396 e. The zero-order valence-corrected chi connectivity index (χ0v) is 9.35. The van der Waals surface area contributed by atoms with Gasteiger partial charge >= 0.3 is 0 Å². The molecule has 2 N–H and O–H groups in total. The van der Waals surface area contributed by atoms with Gasteiger partial charge in [0.15, 0.2) is 0 Å². The van der Waals surface area contributed by atoms with E-state index in [2.05, 4.69) is 29.4 Å². The molecule has 1 aromatic heterocycles. The quantitative estimate of drug-likeness (QED) is 0.833. The van der Waals surface area contributed by atoms with Gasteiger partial charge in [0, 0.05) is 12.6 Å². The topological polar surface area (TPSA) is 43.8 Å². The summed E-state index contributed by atoms with van der Waals surface area (Å²) < 4.78 is 1.82. The van der Waals surface area contributed by atoms with Crippen LogP contribution in [-0.2, 0) is 7.05 Å². The number of hydrogen-bond acceptors (Lipinski definition) is 2. The van der Waals surface area contributed by atoms with Crippen molar-refractivity contribution in [2.75, 3.05) is 5.73 Å². The molecule has 16 heavy (non-hydrogen) atoms. The molecule has 1 heterocycles. The number of aryl methyl sites for hydroxylation is 1. The number of nitrogen functional groups attached to an aromatic ring is 1. The van der Waals surface area contributed by atoms with E-state index in [0.29, 0.717) is 0 Å². The number of hydrogen-bond donors (Lipinski definition) is 1. The van der Waals surface area contributed by atoms with E-state index in [-0.39, 0.29) is 0 Å². The monoisotopic (exact) mass is 213 g/mol. The van der Waals surface area contributed by atoms with Crippen LogP contribution < -0.4 is 5.73 Å². The molecule has 0 saturated heterocycles. The maximum absolute atomic E-state index is 5.90. The summed E-state index contributed by atoms with van der Waals surface area (Å²) >= 11 is 0. The first-order valence-electron chi connectivity index (χ1n) is 5.63. The second-order valence-corrected chi connectivity index (χ2v) is 4.47. The lowest BCUT2D eigenvalue weighted by Gasteiger charge is -2.05. The average molecular weight is 213 g/mol. The Morgan fingerprint density at radius 1 is 1.25 bits per heavy atom. The highest BCUT2D eigenvalue weighted by Crippen LogP contribution is 2.40. The Bertz CT molecular complexity index is 487. The van der Waals surface area contributed by atoms with Crippen LogP contribution >= 0.6 is 0 Å². The van der Waals surface area contributed by atoms with Gasteiger partial charge in [-0.05, 0) is 24.3 Å². The van der Waals surface area contributed by atoms with Crippen molar-refractivity contribution in [3.63, 3.8) is 0 Å². The molecule has 1 aromatic carbocycles. The van der Waals surface area contributed by atoms with E-state index in [4.69, 9.17) is 5.73 Å². The van der Waals surface area contributed by atoms with E-state index in [1.807, 2.05) is 11.7 Å². The van der Waals surface area contributed by atoms with Gasteiger partial charge in [-0.2, -0.15) is 5.10 Å². The highest BCUT2D eigenvalue weighted by atomic mass is 15.3. The van der Waals surface area contributed by atoms with E-state index in [1.165, 1.54) is 18.4 Å². The van der Waals surface area contributed by atoms with Gasteiger partial charge in [-0.1, -0.05) is 24.3 Å². The number of nitrogens with two attached hydrogens (primary N) is 1. The van der Waals surface area contributed by atoms with Crippen molar-refractivity contribution < 1.29 is 0 Å². The summed E-state index contributed by atoms with van der Waals surface area (Å²) in [6.45, 7) is 0. The first kappa shape index (κ1) is 9.46. The third-order valence-corrected chi connectivity index (χ3v) is 3.20. The molecular weight excluding hydrogens is 198 g/mol. The van der Waals surface area contributed by atoms with Crippen LogP contribution in [0.1, 0.15) is 24.3 Å². The van der Waals surface area contributed by atoms with Gasteiger partial charge in [0.25, 0.3) is 0 Å². The van der Waals surface area contributed by atoms with Crippen molar-refractivity contribution >= 4 is 5.69 Å². The summed E-state index contributed by atoms with van der Waals surface area (Å²) in [6, 6.07) is 8.70. The van der Waals surface area contributed by atoms with E-state index >= 15 is 0 Å². The average Bonchev–Trinajstić information content (AvgIpc) is 3.07. The molecule has 3 heteroatoms. The minimum atomic E-state index is 0.738. The molecule has 3 rings (SSSR count). The number of rotatable bonds is 2. The largest absolute Gasteiger partial charge is 0.396 e. The molecule has 1 aliphatic rings. The molecule has 0 radical (unpaired) electrons. The maximum Gasteiger partial charge on any atom is 0.0908 e. The Morgan fingerprint density at radius 2 is 1.94 bits per heavy atom. The Kier molecular flexibility index (Phi) is 1.99. The number of nitrogens with zero attached hydrogens (tertiary/aromatic N) is 2. The van der Waals surface area contributed by atoms with E-state index in [9.17, 15) is 0 Å². The second kappa shape index (κ2) is 3.37. The second-order valence-electron chi connectivity index (χ2n) is 4.47. The van der Waals surface area contributed by atoms with E-state index in [1.54, 1.807) is 6.20 Å². The SMILES string of the molecule is Cn1ncc(N)c1-c1ccc(C2CC2)cc1. The molecule has 1 saturated carbocycles. The first-order chi connectivity index (χ1) is 7.75. The Hall–Kier alpha value is -1.77. The van der Waals surface area contributed by atoms with Crippen LogP contribution in [0.5, 0.6) is 0 Å². The lowest BCUT2D eigenvalue weighted by atomic mass is 10.1. The Balaban J connectivity index is 2.00. The van der Waals surface area contributed by atoms with Gasteiger partial charge in [-0.3, -0.25) is 4.68 Å². The van der Waals surface area contributed by atoms with Crippen molar-refractivity contribution in [3.8, 4) is 11.3 Å². The lowest BCUT2D eigenvalue weighted by molar-refractivity contribution is 0.776. The lowest BCUT2D eigenvalue weighted by Crippen LogP contribution is -1.95. The highest BCUT2D eigenvalue weighted by molar-refractivity contribution is 5.72. The molecule has 0 bridgehead atoms. The zero-order valence-electron chi connectivity index (χ0n) is 9.35. The van der Waals surface area contributed by atoms with Crippen LogP contribution in [0.3, 0.4) is 0 Å². The third kappa shape index (κ3) is 1.48. The minimum absolute atomic E-state index is 0.738. The fraction of sp³-hybridized carbons (Fsp3) is 0.308. The summed E-state index contributed by atoms with van der Waals surface area (Å²) in [6.07, 6.45) is 4.38. The smallest absolute Gasteiger partial charge is 0.0908 e. The van der Waals surface area contributed by atoms with E-state index < -0.39 is 0 Å². The molecule has 0 spiro atoms. The molecule has 1 aliphatic carbocycles. The molecular formula is C13H15N3. The fourth-order valence-electron chi connectivity index (χ4n) is 2.14. The number of benzene rings is 1. The van der Waals surface area contributed by atoms with Crippen LogP contribution in [0.25, 0.3) is 11.3 Å². The van der Waals surface area contributed by atoms with Crippen LogP contribution in [0.15, 0.2) is 30.5 Å². The summed E-state index contributed by atoms with van der Waals surface area (Å²) in [7, 11) is 1.92. The van der Waals surface area contributed by atoms with Gasteiger partial charge in [0.05, 0.1) is 17.6 Å². The molecule has 0 atom stereocenters. The van der Waals surface area contributed by atoms with Crippen LogP contribution in [0, 0.1) is 0 Å². The third-order valence-electron chi connectivity index (χ3n) is 3.20.